The van der Waals surface area contributed by atoms with Gasteiger partial charge < -0.3 is 4.57 Å². The van der Waals surface area contributed by atoms with Gasteiger partial charge in [0.05, 0.1) is 22.0 Å². The molecule has 3 aromatic heterocycles. The van der Waals surface area contributed by atoms with E-state index in [-0.39, 0.29) is 6.04 Å². The maximum absolute atomic E-state index is 6.07. The first kappa shape index (κ1) is 13.9. The minimum atomic E-state index is 0.126. The van der Waals surface area contributed by atoms with Crippen LogP contribution in [0.4, 0.5) is 0 Å². The van der Waals surface area contributed by atoms with Gasteiger partial charge in [-0.05, 0) is 26.0 Å². The zero-order chi connectivity index (χ0) is 14.4. The van der Waals surface area contributed by atoms with Gasteiger partial charge in [0.2, 0.25) is 0 Å². The fourth-order valence-electron chi connectivity index (χ4n) is 2.52. The van der Waals surface area contributed by atoms with Crippen molar-refractivity contribution in [1.82, 2.24) is 19.3 Å². The van der Waals surface area contributed by atoms with Gasteiger partial charge >= 0.3 is 0 Å². The Labute approximate surface area is 130 Å². The summed E-state index contributed by atoms with van der Waals surface area (Å²) in [5.74, 6) is 1.23. The van der Waals surface area contributed by atoms with Crippen LogP contribution in [0.2, 0.25) is 4.34 Å². The number of fused-ring (bicyclic) bond motifs is 1. The molecule has 0 bridgehead atoms. The first-order chi connectivity index (χ1) is 9.52. The van der Waals surface area contributed by atoms with E-state index in [1.807, 2.05) is 30.8 Å². The summed E-state index contributed by atoms with van der Waals surface area (Å²) in [6, 6.07) is 4.09. The van der Waals surface area contributed by atoms with Crippen molar-refractivity contribution in [2.45, 2.75) is 25.8 Å². The average molecular weight is 329 g/mol. The molecule has 0 aromatic carbocycles. The molecule has 7 heteroatoms. The predicted octanol–water partition coefficient (Wildman–Crippen LogP) is 4.14. The highest BCUT2D eigenvalue weighted by atomic mass is 35.5. The number of thiophene rings is 1. The summed E-state index contributed by atoms with van der Waals surface area (Å²) in [7, 11) is 1.93. The first-order valence-corrected chi connectivity index (χ1v) is 7.97. The Morgan fingerprint density at radius 2 is 2.15 bits per heavy atom. The fraction of sp³-hybridized carbons (Fsp3) is 0.385. The standard InChI is InChI=1S/C13H14Cl2N4S/c1-7-12-13(18(3)17-7)19(11(6-14)16-12)8(2)9-4-5-10(15)20-9/h4-5,8H,6H2,1-3H3. The molecule has 0 amide bonds. The number of hydrogen-bond acceptors (Lipinski definition) is 3. The summed E-state index contributed by atoms with van der Waals surface area (Å²) in [6.45, 7) is 4.09. The Hall–Kier alpha value is -1.04. The SMILES string of the molecule is Cc1nn(C)c2c1nc(CCl)n2C(C)c1ccc(Cl)s1. The van der Waals surface area contributed by atoms with E-state index in [4.69, 9.17) is 23.2 Å². The second kappa shape index (κ2) is 5.06. The highest BCUT2D eigenvalue weighted by molar-refractivity contribution is 7.16. The average Bonchev–Trinajstić information content (AvgIpc) is 3.06. The predicted molar refractivity (Wildman–Crippen MR) is 83.9 cm³/mol. The topological polar surface area (TPSA) is 35.6 Å². The summed E-state index contributed by atoms with van der Waals surface area (Å²) in [4.78, 5) is 5.80. The first-order valence-electron chi connectivity index (χ1n) is 6.24. The molecule has 1 atom stereocenters. The zero-order valence-corrected chi connectivity index (χ0v) is 13.7. The Kier molecular flexibility index (Phi) is 3.52. The van der Waals surface area contributed by atoms with Crippen molar-refractivity contribution in [1.29, 1.82) is 0 Å². The monoisotopic (exact) mass is 328 g/mol. The molecule has 0 saturated heterocycles. The zero-order valence-electron chi connectivity index (χ0n) is 11.4. The Balaban J connectivity index is 2.23. The van der Waals surface area contributed by atoms with Gasteiger partial charge in [0.1, 0.15) is 11.3 Å². The molecular weight excluding hydrogens is 315 g/mol. The molecular formula is C13H14Cl2N4S. The number of alkyl halides is 1. The highest BCUT2D eigenvalue weighted by Crippen LogP contribution is 2.33. The quantitative estimate of drug-likeness (QED) is 0.677. The van der Waals surface area contributed by atoms with E-state index in [1.165, 1.54) is 4.88 Å². The highest BCUT2D eigenvalue weighted by Gasteiger charge is 2.22. The van der Waals surface area contributed by atoms with Crippen LogP contribution in [-0.4, -0.2) is 19.3 Å². The number of aromatic nitrogens is 4. The minimum absolute atomic E-state index is 0.126. The maximum Gasteiger partial charge on any atom is 0.159 e. The van der Waals surface area contributed by atoms with Gasteiger partial charge in [-0.15, -0.1) is 22.9 Å². The molecule has 0 spiro atoms. The van der Waals surface area contributed by atoms with Crippen molar-refractivity contribution in [3.8, 4) is 0 Å². The van der Waals surface area contributed by atoms with Crippen LogP contribution in [0, 0.1) is 6.92 Å². The molecule has 4 nitrogen and oxygen atoms in total. The van der Waals surface area contributed by atoms with Crippen molar-refractivity contribution < 1.29 is 0 Å². The van der Waals surface area contributed by atoms with E-state index < -0.39 is 0 Å². The summed E-state index contributed by atoms with van der Waals surface area (Å²) in [5, 5.41) is 4.44. The van der Waals surface area contributed by atoms with Crippen LogP contribution in [0.25, 0.3) is 11.2 Å². The summed E-state index contributed by atoms with van der Waals surface area (Å²) in [5.41, 5.74) is 2.83. The van der Waals surface area contributed by atoms with Crippen molar-refractivity contribution in [3.63, 3.8) is 0 Å². The van der Waals surface area contributed by atoms with Gasteiger partial charge in [-0.3, -0.25) is 4.68 Å². The third kappa shape index (κ3) is 2.05. The van der Waals surface area contributed by atoms with E-state index in [0.29, 0.717) is 5.88 Å². The molecule has 0 radical (unpaired) electrons. The summed E-state index contributed by atoms with van der Waals surface area (Å²) in [6.07, 6.45) is 0. The second-order valence-electron chi connectivity index (χ2n) is 4.73. The molecule has 20 heavy (non-hydrogen) atoms. The smallest absolute Gasteiger partial charge is 0.159 e. The molecule has 0 saturated carbocycles. The van der Waals surface area contributed by atoms with Crippen LogP contribution in [0.5, 0.6) is 0 Å². The Morgan fingerprint density at radius 3 is 2.75 bits per heavy atom. The number of halogens is 2. The lowest BCUT2D eigenvalue weighted by Crippen LogP contribution is -2.11. The van der Waals surface area contributed by atoms with Gasteiger partial charge in [-0.1, -0.05) is 11.6 Å². The number of rotatable bonds is 3. The largest absolute Gasteiger partial charge is 0.304 e. The molecule has 3 aromatic rings. The summed E-state index contributed by atoms with van der Waals surface area (Å²) >= 11 is 13.7. The normalized spacial score (nSPS) is 13.2. The number of nitrogens with zero attached hydrogens (tertiary/aromatic N) is 4. The number of aryl methyl sites for hydroxylation is 2. The van der Waals surface area contributed by atoms with Crippen LogP contribution < -0.4 is 0 Å². The van der Waals surface area contributed by atoms with Crippen molar-refractivity contribution >= 4 is 45.7 Å². The Bertz CT molecular complexity index is 771. The minimum Gasteiger partial charge on any atom is -0.304 e. The number of hydrogen-bond donors (Lipinski definition) is 0. The van der Waals surface area contributed by atoms with Crippen molar-refractivity contribution in [2.24, 2.45) is 7.05 Å². The lowest BCUT2D eigenvalue weighted by Gasteiger charge is -2.15. The molecule has 3 rings (SSSR count). The van der Waals surface area contributed by atoms with E-state index in [9.17, 15) is 0 Å². The van der Waals surface area contributed by atoms with Gasteiger partial charge in [0.15, 0.2) is 5.65 Å². The lowest BCUT2D eigenvalue weighted by atomic mass is 10.2. The van der Waals surface area contributed by atoms with Crippen LogP contribution >= 0.6 is 34.5 Å². The van der Waals surface area contributed by atoms with Crippen LogP contribution in [-0.2, 0) is 12.9 Å². The maximum atomic E-state index is 6.07. The Morgan fingerprint density at radius 1 is 1.40 bits per heavy atom. The van der Waals surface area contributed by atoms with Crippen LogP contribution in [0.15, 0.2) is 12.1 Å². The molecule has 3 heterocycles. The third-order valence-corrected chi connectivity index (χ3v) is 5.06. The van der Waals surface area contributed by atoms with Crippen LogP contribution in [0.3, 0.4) is 0 Å². The van der Waals surface area contributed by atoms with E-state index >= 15 is 0 Å². The molecule has 106 valence electrons. The molecule has 0 aliphatic heterocycles. The van der Waals surface area contributed by atoms with E-state index in [2.05, 4.69) is 21.6 Å². The van der Waals surface area contributed by atoms with Gasteiger partial charge in [0, 0.05) is 11.9 Å². The third-order valence-electron chi connectivity index (χ3n) is 3.42. The van der Waals surface area contributed by atoms with Crippen molar-refractivity contribution in [3.05, 3.63) is 32.9 Å². The van der Waals surface area contributed by atoms with Crippen LogP contribution in [0.1, 0.15) is 29.4 Å². The molecule has 0 aliphatic carbocycles. The van der Waals surface area contributed by atoms with Crippen molar-refractivity contribution in [2.75, 3.05) is 0 Å². The van der Waals surface area contributed by atoms with E-state index in [1.54, 1.807) is 11.3 Å². The van der Waals surface area contributed by atoms with E-state index in [0.717, 1.165) is 27.0 Å². The second-order valence-corrected chi connectivity index (χ2v) is 6.74. The molecule has 0 N–H and O–H groups in total. The lowest BCUT2D eigenvalue weighted by molar-refractivity contribution is 0.616. The summed E-state index contributed by atoms with van der Waals surface area (Å²) < 4.78 is 4.79. The van der Waals surface area contributed by atoms with Gasteiger partial charge in [-0.25, -0.2) is 4.98 Å². The fourth-order valence-corrected chi connectivity index (χ4v) is 3.81. The number of imidazole rings is 1. The molecule has 1 unspecified atom stereocenters. The van der Waals surface area contributed by atoms with Gasteiger partial charge in [0.25, 0.3) is 0 Å². The molecule has 0 aliphatic rings. The molecule has 0 fully saturated rings. The van der Waals surface area contributed by atoms with Gasteiger partial charge in [-0.2, -0.15) is 5.10 Å².